The van der Waals surface area contributed by atoms with Gasteiger partial charge in [0.05, 0.1) is 17.7 Å². The van der Waals surface area contributed by atoms with Crippen LogP contribution >= 0.6 is 0 Å². The summed E-state index contributed by atoms with van der Waals surface area (Å²) in [5, 5.41) is 9.09. The van der Waals surface area contributed by atoms with Crippen LogP contribution in [0.2, 0.25) is 0 Å². The molecule has 208 valence electrons. The number of methoxy groups -OCH3 is 1. The van der Waals surface area contributed by atoms with Gasteiger partial charge in [-0.25, -0.2) is 0 Å². The number of ether oxygens (including phenoxy) is 1. The predicted octanol–water partition coefficient (Wildman–Crippen LogP) is 7.29. The van der Waals surface area contributed by atoms with Gasteiger partial charge in [0, 0.05) is 20.1 Å². The monoisotopic (exact) mass is 530 g/mol. The van der Waals surface area contributed by atoms with Crippen molar-refractivity contribution in [2.45, 2.75) is 89.5 Å². The van der Waals surface area contributed by atoms with E-state index < -0.39 is 11.8 Å². The Kier molecular flexibility index (Phi) is 7.12. The number of hydrogen-bond acceptors (Lipinski definition) is 3. The summed E-state index contributed by atoms with van der Waals surface area (Å²) in [5.41, 5.74) is -0.409. The second-order valence-corrected chi connectivity index (χ2v) is 12.9. The van der Waals surface area contributed by atoms with E-state index in [-0.39, 0.29) is 42.0 Å². The normalized spacial score (nSPS) is 39.3. The summed E-state index contributed by atoms with van der Waals surface area (Å²) in [7, 11) is 3.11. The molecule has 1 aromatic rings. The molecule has 0 saturated heterocycles. The van der Waals surface area contributed by atoms with Gasteiger partial charge in [0.2, 0.25) is 5.91 Å². The van der Waals surface area contributed by atoms with Crippen molar-refractivity contribution < 1.29 is 22.7 Å². The average molecular weight is 531 g/mol. The summed E-state index contributed by atoms with van der Waals surface area (Å²) in [4.78, 5) is 15.8. The fourth-order valence-electron chi connectivity index (χ4n) is 9.32. The lowest BCUT2D eigenvalue weighted by atomic mass is 9.49. The highest BCUT2D eigenvalue weighted by atomic mass is 19.4. The molecule has 0 heterocycles. The lowest BCUT2D eigenvalue weighted by Gasteiger charge is -2.57. The Morgan fingerprint density at radius 2 is 1.74 bits per heavy atom. The summed E-state index contributed by atoms with van der Waals surface area (Å²) in [6.07, 6.45) is 2.17. The largest absolute Gasteiger partial charge is 0.417 e. The van der Waals surface area contributed by atoms with Crippen molar-refractivity contribution >= 4 is 5.91 Å². The Bertz CT molecular complexity index is 1080. The summed E-state index contributed by atoms with van der Waals surface area (Å²) < 4.78 is 46.9. The number of carbonyl (C=O) groups is 1. The Labute approximate surface area is 224 Å². The highest BCUT2D eigenvalue weighted by molar-refractivity contribution is 5.80. The first-order valence-corrected chi connectivity index (χ1v) is 14.3. The number of fused-ring (bicyclic) bond motifs is 5. The van der Waals surface area contributed by atoms with E-state index in [1.54, 1.807) is 12.1 Å². The van der Waals surface area contributed by atoms with E-state index >= 15 is 0 Å². The van der Waals surface area contributed by atoms with Crippen LogP contribution in [0, 0.1) is 52.3 Å². The van der Waals surface area contributed by atoms with Crippen molar-refractivity contribution in [3.8, 4) is 6.07 Å². The quantitative estimate of drug-likeness (QED) is 0.411. The van der Waals surface area contributed by atoms with Crippen molar-refractivity contribution in [2.24, 2.45) is 40.9 Å². The molecule has 0 bridgehead atoms. The molecule has 4 nitrogen and oxygen atoms in total. The SMILES string of the molecule is CO[C@]1(C(F)(F)F)CC[C@H]2[C@H](CC[C@@H]3[C@@H]2CC[C@]2(C)[C@@H](C(=O)N(C)[C@@H](C)c4ccc(C#N)cc4)CC[C@@H]32)C1. The van der Waals surface area contributed by atoms with E-state index in [1.165, 1.54) is 7.11 Å². The molecule has 0 spiro atoms. The summed E-state index contributed by atoms with van der Waals surface area (Å²) in [6.45, 7) is 4.35. The standard InChI is InChI=1S/C31H41F3N2O2/c1-19(21-7-5-20(18-35)6-8-21)36(3)28(37)27-12-11-26-25-10-9-22-17-30(38-4,31(32,33)34)16-14-23(22)24(25)13-15-29(26,27)2/h5-8,19,22-27H,9-17H2,1-4H3/t19-,22+,23-,24+,25+,26-,27+,29-,30+/m0/s1. The maximum Gasteiger partial charge on any atom is 0.417 e. The minimum atomic E-state index is -4.32. The van der Waals surface area contributed by atoms with E-state index in [1.807, 2.05) is 31.0 Å². The van der Waals surface area contributed by atoms with Gasteiger partial charge in [-0.3, -0.25) is 4.79 Å². The van der Waals surface area contributed by atoms with Crippen molar-refractivity contribution in [2.75, 3.05) is 14.2 Å². The predicted molar refractivity (Wildman–Crippen MR) is 139 cm³/mol. The highest BCUT2D eigenvalue weighted by Gasteiger charge is 2.63. The molecular formula is C31H41F3N2O2. The minimum Gasteiger partial charge on any atom is -0.369 e. The Hall–Kier alpha value is -2.07. The van der Waals surface area contributed by atoms with Gasteiger partial charge in [0.1, 0.15) is 0 Å². The summed E-state index contributed by atoms with van der Waals surface area (Å²) >= 11 is 0. The van der Waals surface area contributed by atoms with E-state index in [4.69, 9.17) is 10.00 Å². The lowest BCUT2D eigenvalue weighted by Crippen LogP contribution is -2.56. The Balaban J connectivity index is 1.29. The van der Waals surface area contributed by atoms with Crippen molar-refractivity contribution in [3.63, 3.8) is 0 Å². The number of carbonyl (C=O) groups excluding carboxylic acids is 1. The number of nitrogens with zero attached hydrogens (tertiary/aromatic N) is 2. The molecule has 0 aliphatic heterocycles. The van der Waals surface area contributed by atoms with Gasteiger partial charge >= 0.3 is 6.18 Å². The Morgan fingerprint density at radius 1 is 1.05 bits per heavy atom. The fraction of sp³-hybridized carbons (Fsp3) is 0.742. The topological polar surface area (TPSA) is 53.3 Å². The number of benzene rings is 1. The lowest BCUT2D eigenvalue weighted by molar-refractivity contribution is -0.291. The van der Waals surface area contributed by atoms with Crippen molar-refractivity contribution in [1.82, 2.24) is 4.90 Å². The molecular weight excluding hydrogens is 489 g/mol. The molecule has 4 saturated carbocycles. The zero-order valence-corrected chi connectivity index (χ0v) is 23.1. The van der Waals surface area contributed by atoms with Crippen LogP contribution in [0.3, 0.4) is 0 Å². The van der Waals surface area contributed by atoms with Crippen LogP contribution in [-0.4, -0.2) is 36.7 Å². The maximum absolute atomic E-state index is 13.9. The van der Waals surface area contributed by atoms with Gasteiger partial charge in [-0.2, -0.15) is 18.4 Å². The van der Waals surface area contributed by atoms with Crippen molar-refractivity contribution in [1.29, 1.82) is 5.26 Å². The van der Waals surface area contributed by atoms with Crippen LogP contribution in [0.25, 0.3) is 0 Å². The molecule has 4 fully saturated rings. The number of halogens is 3. The second kappa shape index (κ2) is 9.84. The number of amides is 1. The third-order valence-corrected chi connectivity index (χ3v) is 11.6. The van der Waals surface area contributed by atoms with Gasteiger partial charge in [0.15, 0.2) is 5.60 Å². The van der Waals surface area contributed by atoms with E-state index in [0.29, 0.717) is 35.7 Å². The molecule has 5 rings (SSSR count). The van der Waals surface area contributed by atoms with Crippen LogP contribution < -0.4 is 0 Å². The first kappa shape index (κ1) is 27.5. The molecule has 0 N–H and O–H groups in total. The molecule has 0 unspecified atom stereocenters. The molecule has 7 heteroatoms. The maximum atomic E-state index is 13.9. The number of hydrogen-bond donors (Lipinski definition) is 0. The van der Waals surface area contributed by atoms with E-state index in [2.05, 4.69) is 13.0 Å². The van der Waals surface area contributed by atoms with Crippen LogP contribution in [-0.2, 0) is 9.53 Å². The van der Waals surface area contributed by atoms with Gasteiger partial charge in [-0.1, -0.05) is 19.1 Å². The van der Waals surface area contributed by atoms with Gasteiger partial charge in [0.25, 0.3) is 0 Å². The number of nitriles is 1. The molecule has 0 aromatic heterocycles. The van der Waals surface area contributed by atoms with Gasteiger partial charge < -0.3 is 9.64 Å². The molecule has 4 aliphatic carbocycles. The van der Waals surface area contributed by atoms with E-state index in [9.17, 15) is 18.0 Å². The average Bonchev–Trinajstić information content (AvgIpc) is 3.27. The number of alkyl halides is 3. The zero-order chi connectivity index (χ0) is 27.5. The van der Waals surface area contributed by atoms with E-state index in [0.717, 1.165) is 44.1 Å². The van der Waals surface area contributed by atoms with Crippen LogP contribution in [0.5, 0.6) is 0 Å². The molecule has 4 aliphatic rings. The highest BCUT2D eigenvalue weighted by Crippen LogP contribution is 2.65. The summed E-state index contributed by atoms with van der Waals surface area (Å²) in [5.74, 6) is 2.05. The first-order valence-electron chi connectivity index (χ1n) is 14.3. The summed E-state index contributed by atoms with van der Waals surface area (Å²) in [6, 6.07) is 9.51. The smallest absolute Gasteiger partial charge is 0.369 e. The molecule has 1 amide bonds. The third kappa shape index (κ3) is 4.26. The van der Waals surface area contributed by atoms with Gasteiger partial charge in [-0.05, 0) is 117 Å². The second-order valence-electron chi connectivity index (χ2n) is 12.9. The van der Waals surface area contributed by atoms with Crippen molar-refractivity contribution in [3.05, 3.63) is 35.4 Å². The molecule has 0 radical (unpaired) electrons. The van der Waals surface area contributed by atoms with Gasteiger partial charge in [-0.15, -0.1) is 0 Å². The zero-order valence-electron chi connectivity index (χ0n) is 23.1. The molecule has 9 atom stereocenters. The van der Waals surface area contributed by atoms with Crippen LogP contribution in [0.15, 0.2) is 24.3 Å². The fourth-order valence-corrected chi connectivity index (χ4v) is 9.32. The van der Waals surface area contributed by atoms with Crippen LogP contribution in [0.1, 0.15) is 88.8 Å². The molecule has 38 heavy (non-hydrogen) atoms. The Morgan fingerprint density at radius 3 is 2.37 bits per heavy atom. The third-order valence-electron chi connectivity index (χ3n) is 11.6. The molecule has 1 aromatic carbocycles. The van der Waals surface area contributed by atoms with Crippen LogP contribution in [0.4, 0.5) is 13.2 Å². The first-order chi connectivity index (χ1) is 18.0. The number of rotatable bonds is 4. The minimum absolute atomic E-state index is 0.0188.